The summed E-state index contributed by atoms with van der Waals surface area (Å²) in [5, 5.41) is 11.3. The fourth-order valence-corrected chi connectivity index (χ4v) is 1.77. The zero-order valence-electron chi connectivity index (χ0n) is 9.52. The number of aliphatic carboxylic acids is 1. The van der Waals surface area contributed by atoms with E-state index in [9.17, 15) is 9.59 Å². The molecule has 1 amide bonds. The summed E-state index contributed by atoms with van der Waals surface area (Å²) >= 11 is 3.21. The summed E-state index contributed by atoms with van der Waals surface area (Å²) < 4.78 is 0.553. The molecule has 1 aromatic carbocycles. The molecular weight excluding hydrogens is 300 g/mol. The van der Waals surface area contributed by atoms with Gasteiger partial charge in [0.1, 0.15) is 6.04 Å². The molecule has 5 nitrogen and oxygen atoms in total. The van der Waals surface area contributed by atoms with Gasteiger partial charge in [-0.15, -0.1) is 6.58 Å². The average Bonchev–Trinajstić information content (AvgIpc) is 2.31. The fraction of sp³-hybridized carbons (Fsp3) is 0.167. The molecule has 96 valence electrons. The Balaban J connectivity index is 2.89. The summed E-state index contributed by atoms with van der Waals surface area (Å²) in [5.74, 6) is -1.60. The van der Waals surface area contributed by atoms with E-state index < -0.39 is 17.9 Å². The van der Waals surface area contributed by atoms with Gasteiger partial charge in [0.15, 0.2) is 0 Å². The van der Waals surface area contributed by atoms with Crippen LogP contribution < -0.4 is 11.1 Å². The number of hydrogen-bond donors (Lipinski definition) is 3. The lowest BCUT2D eigenvalue weighted by Gasteiger charge is -2.13. The van der Waals surface area contributed by atoms with Crippen molar-refractivity contribution in [1.82, 2.24) is 5.32 Å². The average molecular weight is 313 g/mol. The molecule has 0 aliphatic carbocycles. The monoisotopic (exact) mass is 312 g/mol. The van der Waals surface area contributed by atoms with Crippen LogP contribution >= 0.6 is 15.9 Å². The summed E-state index contributed by atoms with van der Waals surface area (Å²) in [6.45, 7) is 3.45. The highest BCUT2D eigenvalue weighted by Crippen LogP contribution is 2.19. The first-order valence-corrected chi connectivity index (χ1v) is 5.94. The fourth-order valence-electron chi connectivity index (χ4n) is 1.34. The highest BCUT2D eigenvalue weighted by molar-refractivity contribution is 9.10. The third-order valence-corrected chi connectivity index (χ3v) is 2.93. The minimum atomic E-state index is -1.11. The molecule has 6 heteroatoms. The number of anilines is 1. The van der Waals surface area contributed by atoms with Crippen LogP contribution in [0.15, 0.2) is 35.3 Å². The molecule has 18 heavy (non-hydrogen) atoms. The van der Waals surface area contributed by atoms with Gasteiger partial charge in [-0.05, 0) is 40.5 Å². The molecule has 1 atom stereocenters. The molecular formula is C12H13BrN2O3. The Morgan fingerprint density at radius 2 is 2.22 bits per heavy atom. The van der Waals surface area contributed by atoms with Gasteiger partial charge in [0.05, 0.1) is 5.56 Å². The van der Waals surface area contributed by atoms with Crippen LogP contribution in [0.2, 0.25) is 0 Å². The summed E-state index contributed by atoms with van der Waals surface area (Å²) in [4.78, 5) is 22.8. The van der Waals surface area contributed by atoms with E-state index >= 15 is 0 Å². The summed E-state index contributed by atoms with van der Waals surface area (Å²) in [6.07, 6.45) is 1.59. The van der Waals surface area contributed by atoms with E-state index in [1.807, 2.05) is 0 Å². The molecule has 0 heterocycles. The van der Waals surface area contributed by atoms with Crippen molar-refractivity contribution in [3.8, 4) is 0 Å². The zero-order chi connectivity index (χ0) is 13.7. The van der Waals surface area contributed by atoms with E-state index in [1.165, 1.54) is 12.1 Å². The van der Waals surface area contributed by atoms with Gasteiger partial charge in [-0.25, -0.2) is 4.79 Å². The Labute approximate surface area is 113 Å². The highest BCUT2D eigenvalue weighted by Gasteiger charge is 2.20. The van der Waals surface area contributed by atoms with Gasteiger partial charge in [-0.3, -0.25) is 4.79 Å². The minimum absolute atomic E-state index is 0.154. The van der Waals surface area contributed by atoms with Crippen LogP contribution in [-0.2, 0) is 4.79 Å². The molecule has 0 aliphatic heterocycles. The van der Waals surface area contributed by atoms with Gasteiger partial charge in [0, 0.05) is 10.2 Å². The van der Waals surface area contributed by atoms with E-state index in [0.717, 1.165) is 0 Å². The first kappa shape index (κ1) is 14.2. The van der Waals surface area contributed by atoms with Gasteiger partial charge in [0.2, 0.25) is 0 Å². The van der Waals surface area contributed by atoms with Gasteiger partial charge in [-0.1, -0.05) is 6.08 Å². The molecule has 0 saturated carbocycles. The number of nitrogens with one attached hydrogen (secondary N) is 1. The van der Waals surface area contributed by atoms with Crippen molar-refractivity contribution < 1.29 is 14.7 Å². The predicted octanol–water partition coefficient (Wildman–Crippen LogP) is 1.79. The predicted molar refractivity (Wildman–Crippen MR) is 72.3 cm³/mol. The molecule has 4 N–H and O–H groups in total. The maximum atomic E-state index is 11.9. The number of amides is 1. The van der Waals surface area contributed by atoms with Crippen LogP contribution in [-0.4, -0.2) is 23.0 Å². The molecule has 0 spiro atoms. The molecule has 0 radical (unpaired) electrons. The van der Waals surface area contributed by atoms with Crippen LogP contribution in [0.1, 0.15) is 16.8 Å². The van der Waals surface area contributed by atoms with E-state index in [2.05, 4.69) is 27.8 Å². The van der Waals surface area contributed by atoms with Crippen LogP contribution in [0.3, 0.4) is 0 Å². The van der Waals surface area contributed by atoms with Crippen molar-refractivity contribution in [2.45, 2.75) is 12.5 Å². The second-order valence-electron chi connectivity index (χ2n) is 3.63. The maximum absolute atomic E-state index is 11.9. The van der Waals surface area contributed by atoms with Crippen molar-refractivity contribution in [3.05, 3.63) is 40.9 Å². The number of rotatable bonds is 5. The number of hydrogen-bond acceptors (Lipinski definition) is 3. The van der Waals surface area contributed by atoms with E-state index in [1.54, 1.807) is 12.1 Å². The SMILES string of the molecule is C=CCC(NC(=O)c1cc(N)ccc1Br)C(=O)O. The van der Waals surface area contributed by atoms with Crippen LogP contribution in [0.25, 0.3) is 0 Å². The van der Waals surface area contributed by atoms with Crippen LogP contribution in [0.5, 0.6) is 0 Å². The maximum Gasteiger partial charge on any atom is 0.326 e. The smallest absolute Gasteiger partial charge is 0.326 e. The number of halogens is 1. The van der Waals surface area contributed by atoms with E-state index in [-0.39, 0.29) is 6.42 Å². The topological polar surface area (TPSA) is 92.4 Å². The zero-order valence-corrected chi connectivity index (χ0v) is 11.1. The number of nitrogen functional groups attached to an aromatic ring is 1. The van der Waals surface area contributed by atoms with Crippen molar-refractivity contribution in [1.29, 1.82) is 0 Å². The summed E-state index contributed by atoms with van der Waals surface area (Å²) in [7, 11) is 0. The Bertz CT molecular complexity index is 488. The van der Waals surface area contributed by atoms with Crippen LogP contribution in [0, 0.1) is 0 Å². The molecule has 1 aromatic rings. The Morgan fingerprint density at radius 3 is 2.78 bits per heavy atom. The molecule has 0 saturated heterocycles. The first-order valence-electron chi connectivity index (χ1n) is 5.15. The van der Waals surface area contributed by atoms with Gasteiger partial charge in [-0.2, -0.15) is 0 Å². The Morgan fingerprint density at radius 1 is 1.56 bits per heavy atom. The molecule has 1 unspecified atom stereocenters. The molecule has 0 bridgehead atoms. The lowest BCUT2D eigenvalue weighted by atomic mass is 10.1. The number of benzene rings is 1. The van der Waals surface area contributed by atoms with E-state index in [4.69, 9.17) is 10.8 Å². The lowest BCUT2D eigenvalue weighted by Crippen LogP contribution is -2.40. The van der Waals surface area contributed by atoms with Gasteiger partial charge >= 0.3 is 5.97 Å². The molecule has 0 aromatic heterocycles. The largest absolute Gasteiger partial charge is 0.480 e. The minimum Gasteiger partial charge on any atom is -0.480 e. The van der Waals surface area contributed by atoms with Gasteiger partial charge < -0.3 is 16.2 Å². The van der Waals surface area contributed by atoms with Crippen LogP contribution in [0.4, 0.5) is 5.69 Å². The third kappa shape index (κ3) is 3.59. The van der Waals surface area contributed by atoms with E-state index in [0.29, 0.717) is 15.7 Å². The molecule has 0 aliphatic rings. The Hall–Kier alpha value is -1.82. The third-order valence-electron chi connectivity index (χ3n) is 2.24. The summed E-state index contributed by atoms with van der Waals surface area (Å²) in [6, 6.07) is 3.75. The van der Waals surface area contributed by atoms with Crippen molar-refractivity contribution in [2.75, 3.05) is 5.73 Å². The quantitative estimate of drug-likeness (QED) is 0.571. The normalized spacial score (nSPS) is 11.6. The standard InChI is InChI=1S/C12H13BrN2O3/c1-2-3-10(12(17)18)15-11(16)8-6-7(14)4-5-9(8)13/h2,4-6,10H,1,3,14H2,(H,15,16)(H,17,18). The summed E-state index contributed by atoms with van der Waals surface area (Å²) in [5.41, 5.74) is 6.31. The van der Waals surface area contributed by atoms with Crippen molar-refractivity contribution in [3.63, 3.8) is 0 Å². The number of carbonyl (C=O) groups excluding carboxylic acids is 1. The molecule has 1 rings (SSSR count). The Kier molecular flexibility index (Phi) is 4.91. The van der Waals surface area contributed by atoms with Gasteiger partial charge in [0.25, 0.3) is 5.91 Å². The molecule has 0 fully saturated rings. The number of carboxylic acid groups (broad SMARTS) is 1. The first-order chi connectivity index (χ1) is 8.45. The highest BCUT2D eigenvalue weighted by atomic mass is 79.9. The number of carboxylic acids is 1. The van der Waals surface area contributed by atoms with Crippen molar-refractivity contribution in [2.24, 2.45) is 0 Å². The second kappa shape index (κ2) is 6.20. The lowest BCUT2D eigenvalue weighted by molar-refractivity contribution is -0.139. The number of nitrogens with two attached hydrogens (primary N) is 1. The van der Waals surface area contributed by atoms with Crippen molar-refractivity contribution >= 4 is 33.5 Å². The number of carbonyl (C=O) groups is 2. The second-order valence-corrected chi connectivity index (χ2v) is 4.48.